The van der Waals surface area contributed by atoms with Crippen molar-refractivity contribution in [1.29, 1.82) is 0 Å². The molecule has 0 saturated heterocycles. The number of hydrogen-bond donors (Lipinski definition) is 0. The average molecular weight is 230 g/mol. The van der Waals surface area contributed by atoms with Crippen molar-refractivity contribution < 1.29 is 9.47 Å². The Morgan fingerprint density at radius 1 is 0.938 bits per heavy atom. The predicted octanol–water partition coefficient (Wildman–Crippen LogP) is 3.89. The normalized spacial score (nSPS) is 14.1. The molecule has 2 heteroatoms. The fraction of sp³-hybridized carbons (Fsp3) is 1.00. The zero-order valence-electron chi connectivity index (χ0n) is 11.8. The molecule has 16 heavy (non-hydrogen) atoms. The zero-order valence-corrected chi connectivity index (χ0v) is 11.8. The van der Waals surface area contributed by atoms with Gasteiger partial charge in [0, 0.05) is 18.6 Å². The van der Waals surface area contributed by atoms with E-state index in [2.05, 4.69) is 34.6 Å². The second-order valence-corrected chi connectivity index (χ2v) is 4.85. The molecule has 0 aliphatic carbocycles. The van der Waals surface area contributed by atoms with Gasteiger partial charge in [0.05, 0.1) is 13.2 Å². The van der Waals surface area contributed by atoms with Crippen LogP contribution in [0.5, 0.6) is 0 Å². The Balaban J connectivity index is 4.39. The summed E-state index contributed by atoms with van der Waals surface area (Å²) in [5, 5.41) is 0. The molecule has 0 aromatic rings. The molecule has 0 bridgehead atoms. The van der Waals surface area contributed by atoms with Crippen molar-refractivity contribution in [3.63, 3.8) is 0 Å². The molecular weight excluding hydrogens is 200 g/mol. The van der Waals surface area contributed by atoms with E-state index in [-0.39, 0.29) is 5.41 Å². The molecule has 2 nitrogen and oxygen atoms in total. The van der Waals surface area contributed by atoms with Crippen LogP contribution in [-0.2, 0) is 9.47 Å². The first-order valence-corrected chi connectivity index (χ1v) is 6.79. The Hall–Kier alpha value is -0.0800. The van der Waals surface area contributed by atoms with Gasteiger partial charge in [-0.05, 0) is 32.6 Å². The molecule has 0 heterocycles. The molecule has 0 aliphatic heterocycles. The van der Waals surface area contributed by atoms with Crippen LogP contribution in [0, 0.1) is 11.3 Å². The SMILES string of the molecule is CCOCC(CC)(COCC)CC(C)CC. The minimum Gasteiger partial charge on any atom is -0.381 e. The summed E-state index contributed by atoms with van der Waals surface area (Å²) in [5.41, 5.74) is 0.224. The van der Waals surface area contributed by atoms with E-state index >= 15 is 0 Å². The largest absolute Gasteiger partial charge is 0.381 e. The lowest BCUT2D eigenvalue weighted by Crippen LogP contribution is -2.34. The maximum absolute atomic E-state index is 5.65. The highest BCUT2D eigenvalue weighted by Gasteiger charge is 2.30. The number of ether oxygens (including phenoxy) is 2. The summed E-state index contributed by atoms with van der Waals surface area (Å²) in [5.74, 6) is 0.751. The second kappa shape index (κ2) is 9.00. The summed E-state index contributed by atoms with van der Waals surface area (Å²) < 4.78 is 11.3. The predicted molar refractivity (Wildman–Crippen MR) is 69.8 cm³/mol. The highest BCUT2D eigenvalue weighted by molar-refractivity contribution is 4.79. The minimum atomic E-state index is 0.224. The molecule has 0 spiro atoms. The Labute approximate surface area is 102 Å². The van der Waals surface area contributed by atoms with Crippen LogP contribution in [0.1, 0.15) is 53.9 Å². The van der Waals surface area contributed by atoms with Gasteiger partial charge >= 0.3 is 0 Å². The third kappa shape index (κ3) is 5.86. The molecule has 1 atom stereocenters. The molecule has 0 radical (unpaired) electrons. The smallest absolute Gasteiger partial charge is 0.0544 e. The number of rotatable bonds is 10. The lowest BCUT2D eigenvalue weighted by atomic mass is 9.78. The zero-order chi connectivity index (χ0) is 12.4. The summed E-state index contributed by atoms with van der Waals surface area (Å²) in [6.07, 6.45) is 3.58. The van der Waals surface area contributed by atoms with E-state index in [0.717, 1.165) is 38.8 Å². The molecule has 0 amide bonds. The summed E-state index contributed by atoms with van der Waals surface area (Å²) in [7, 11) is 0. The highest BCUT2D eigenvalue weighted by Crippen LogP contribution is 2.32. The standard InChI is InChI=1S/C14H30O2/c1-6-13(5)10-14(7-2,11-15-8-3)12-16-9-4/h13H,6-12H2,1-5H3. The van der Waals surface area contributed by atoms with Crippen LogP contribution in [-0.4, -0.2) is 26.4 Å². The van der Waals surface area contributed by atoms with Crippen molar-refractivity contribution in [2.24, 2.45) is 11.3 Å². The van der Waals surface area contributed by atoms with Gasteiger partial charge in [-0.1, -0.05) is 27.2 Å². The van der Waals surface area contributed by atoms with Crippen LogP contribution in [0.15, 0.2) is 0 Å². The van der Waals surface area contributed by atoms with E-state index in [1.807, 2.05) is 0 Å². The van der Waals surface area contributed by atoms with E-state index in [4.69, 9.17) is 9.47 Å². The van der Waals surface area contributed by atoms with Crippen molar-refractivity contribution in [3.8, 4) is 0 Å². The Bertz CT molecular complexity index is 149. The van der Waals surface area contributed by atoms with Crippen molar-refractivity contribution in [3.05, 3.63) is 0 Å². The van der Waals surface area contributed by atoms with Gasteiger partial charge in [-0.15, -0.1) is 0 Å². The number of hydrogen-bond acceptors (Lipinski definition) is 2. The summed E-state index contributed by atoms with van der Waals surface area (Å²) in [4.78, 5) is 0. The first-order chi connectivity index (χ1) is 7.64. The van der Waals surface area contributed by atoms with Crippen molar-refractivity contribution in [2.45, 2.75) is 53.9 Å². The van der Waals surface area contributed by atoms with E-state index < -0.39 is 0 Å². The Morgan fingerprint density at radius 3 is 1.75 bits per heavy atom. The molecule has 0 aromatic heterocycles. The fourth-order valence-electron chi connectivity index (χ4n) is 2.03. The van der Waals surface area contributed by atoms with E-state index in [9.17, 15) is 0 Å². The molecule has 98 valence electrons. The van der Waals surface area contributed by atoms with Crippen LogP contribution in [0.25, 0.3) is 0 Å². The van der Waals surface area contributed by atoms with Gasteiger partial charge in [0.15, 0.2) is 0 Å². The molecule has 0 saturated carbocycles. The maximum Gasteiger partial charge on any atom is 0.0544 e. The lowest BCUT2D eigenvalue weighted by Gasteiger charge is -2.34. The Kier molecular flexibility index (Phi) is 8.96. The van der Waals surface area contributed by atoms with Crippen molar-refractivity contribution in [2.75, 3.05) is 26.4 Å². The lowest BCUT2D eigenvalue weighted by molar-refractivity contribution is -0.0315. The third-order valence-corrected chi connectivity index (χ3v) is 3.45. The molecule has 1 unspecified atom stereocenters. The molecule has 0 aromatic carbocycles. The van der Waals surface area contributed by atoms with Crippen LogP contribution < -0.4 is 0 Å². The monoisotopic (exact) mass is 230 g/mol. The van der Waals surface area contributed by atoms with Crippen molar-refractivity contribution >= 4 is 0 Å². The third-order valence-electron chi connectivity index (χ3n) is 3.45. The minimum absolute atomic E-state index is 0.224. The van der Waals surface area contributed by atoms with E-state index in [1.165, 1.54) is 12.8 Å². The topological polar surface area (TPSA) is 18.5 Å². The average Bonchev–Trinajstić information content (AvgIpc) is 2.32. The van der Waals surface area contributed by atoms with Crippen molar-refractivity contribution in [1.82, 2.24) is 0 Å². The summed E-state index contributed by atoms with van der Waals surface area (Å²) in [6.45, 7) is 14.2. The molecule has 0 rings (SSSR count). The van der Waals surface area contributed by atoms with Gasteiger partial charge in [-0.25, -0.2) is 0 Å². The van der Waals surface area contributed by atoms with Gasteiger partial charge in [-0.3, -0.25) is 0 Å². The van der Waals surface area contributed by atoms with Crippen LogP contribution in [0.4, 0.5) is 0 Å². The first kappa shape index (κ1) is 15.9. The van der Waals surface area contributed by atoms with Crippen LogP contribution in [0.2, 0.25) is 0 Å². The van der Waals surface area contributed by atoms with Gasteiger partial charge in [-0.2, -0.15) is 0 Å². The fourth-order valence-corrected chi connectivity index (χ4v) is 2.03. The van der Waals surface area contributed by atoms with E-state index in [0.29, 0.717) is 0 Å². The molecule has 0 N–H and O–H groups in total. The molecule has 0 fully saturated rings. The molecule has 0 aliphatic rings. The van der Waals surface area contributed by atoms with Crippen LogP contribution >= 0.6 is 0 Å². The van der Waals surface area contributed by atoms with Crippen LogP contribution in [0.3, 0.4) is 0 Å². The summed E-state index contributed by atoms with van der Waals surface area (Å²) in [6, 6.07) is 0. The molecular formula is C14H30O2. The van der Waals surface area contributed by atoms with Gasteiger partial charge in [0.1, 0.15) is 0 Å². The van der Waals surface area contributed by atoms with Gasteiger partial charge in [0.25, 0.3) is 0 Å². The van der Waals surface area contributed by atoms with E-state index in [1.54, 1.807) is 0 Å². The maximum atomic E-state index is 5.65. The highest BCUT2D eigenvalue weighted by atomic mass is 16.5. The Morgan fingerprint density at radius 2 is 1.44 bits per heavy atom. The first-order valence-electron chi connectivity index (χ1n) is 6.79. The summed E-state index contributed by atoms with van der Waals surface area (Å²) >= 11 is 0. The van der Waals surface area contributed by atoms with Gasteiger partial charge in [0.2, 0.25) is 0 Å². The quantitative estimate of drug-likeness (QED) is 0.567. The van der Waals surface area contributed by atoms with Gasteiger partial charge < -0.3 is 9.47 Å². The second-order valence-electron chi connectivity index (χ2n) is 4.85.